The van der Waals surface area contributed by atoms with Crippen molar-refractivity contribution in [2.24, 2.45) is 5.92 Å². The van der Waals surface area contributed by atoms with Crippen LogP contribution in [0.25, 0.3) is 0 Å². The van der Waals surface area contributed by atoms with E-state index in [1.54, 1.807) is 0 Å². The minimum atomic E-state index is 0.598. The molecular weight excluding hydrogens is 258 g/mol. The van der Waals surface area contributed by atoms with Gasteiger partial charge in [-0.1, -0.05) is 13.3 Å². The van der Waals surface area contributed by atoms with Gasteiger partial charge < -0.3 is 14.8 Å². The number of nitrogens with one attached hydrogen (secondary N) is 1. The molecule has 1 aromatic heterocycles. The van der Waals surface area contributed by atoms with Gasteiger partial charge in [-0.3, -0.25) is 0 Å². The van der Waals surface area contributed by atoms with Crippen molar-refractivity contribution in [1.29, 1.82) is 0 Å². The Balaban J connectivity index is 1.51. The fourth-order valence-electron chi connectivity index (χ4n) is 3.51. The van der Waals surface area contributed by atoms with E-state index in [9.17, 15) is 0 Å². The third-order valence-electron chi connectivity index (χ3n) is 4.96. The van der Waals surface area contributed by atoms with E-state index in [-0.39, 0.29) is 0 Å². The maximum absolute atomic E-state index is 3.74. The van der Waals surface area contributed by atoms with E-state index in [4.69, 9.17) is 0 Å². The van der Waals surface area contributed by atoms with Crippen molar-refractivity contribution in [3.05, 3.63) is 24.0 Å². The fraction of sp³-hybridized carbons (Fsp3) is 0.778. The van der Waals surface area contributed by atoms with Crippen molar-refractivity contribution in [1.82, 2.24) is 14.8 Å². The van der Waals surface area contributed by atoms with Crippen molar-refractivity contribution < 1.29 is 0 Å². The summed E-state index contributed by atoms with van der Waals surface area (Å²) in [5.74, 6) is 0.884. The van der Waals surface area contributed by atoms with Crippen LogP contribution in [0.1, 0.15) is 57.1 Å². The molecule has 3 rings (SSSR count). The molecule has 3 nitrogen and oxygen atoms in total. The Morgan fingerprint density at radius 1 is 1.19 bits per heavy atom. The first-order valence-electron chi connectivity index (χ1n) is 8.98. The van der Waals surface area contributed by atoms with Crippen LogP contribution in [0.5, 0.6) is 0 Å². The van der Waals surface area contributed by atoms with Crippen LogP contribution >= 0.6 is 0 Å². The van der Waals surface area contributed by atoms with Crippen LogP contribution in [0.2, 0.25) is 0 Å². The minimum absolute atomic E-state index is 0.598. The fourth-order valence-corrected chi connectivity index (χ4v) is 3.51. The SMILES string of the molecule is CCCNC(c1ccn(CCN2CCCCC2)c1)C1CC1. The highest BCUT2D eigenvalue weighted by molar-refractivity contribution is 5.18. The highest BCUT2D eigenvalue weighted by atomic mass is 15.1. The lowest BCUT2D eigenvalue weighted by Crippen LogP contribution is -2.32. The average Bonchev–Trinajstić information content (AvgIpc) is 3.25. The smallest absolute Gasteiger partial charge is 0.0363 e. The molecule has 0 amide bonds. The van der Waals surface area contributed by atoms with E-state index < -0.39 is 0 Å². The maximum Gasteiger partial charge on any atom is 0.0363 e. The molecule has 1 saturated heterocycles. The van der Waals surface area contributed by atoms with E-state index in [0.717, 1.165) is 19.0 Å². The van der Waals surface area contributed by atoms with Crippen molar-refractivity contribution in [2.75, 3.05) is 26.2 Å². The van der Waals surface area contributed by atoms with Crippen molar-refractivity contribution in [3.63, 3.8) is 0 Å². The second kappa shape index (κ2) is 7.46. The van der Waals surface area contributed by atoms with E-state index in [0.29, 0.717) is 6.04 Å². The molecule has 0 radical (unpaired) electrons. The van der Waals surface area contributed by atoms with Gasteiger partial charge in [0.25, 0.3) is 0 Å². The topological polar surface area (TPSA) is 20.2 Å². The summed E-state index contributed by atoms with van der Waals surface area (Å²) in [5, 5.41) is 3.74. The molecule has 1 atom stereocenters. The monoisotopic (exact) mass is 289 g/mol. The number of nitrogens with zero attached hydrogens (tertiary/aromatic N) is 2. The largest absolute Gasteiger partial charge is 0.353 e. The number of hydrogen-bond donors (Lipinski definition) is 1. The normalized spacial score (nSPS) is 21.6. The molecule has 2 fully saturated rings. The zero-order valence-electron chi connectivity index (χ0n) is 13.6. The molecule has 0 spiro atoms. The number of piperidine rings is 1. The van der Waals surface area contributed by atoms with E-state index >= 15 is 0 Å². The van der Waals surface area contributed by atoms with Gasteiger partial charge in [0, 0.05) is 31.5 Å². The Bertz CT molecular complexity index is 416. The Labute approximate surface area is 129 Å². The lowest BCUT2D eigenvalue weighted by Gasteiger charge is -2.26. The van der Waals surface area contributed by atoms with Crippen LogP contribution in [-0.4, -0.2) is 35.6 Å². The lowest BCUT2D eigenvalue weighted by atomic mass is 10.1. The average molecular weight is 289 g/mol. The molecule has 0 aromatic carbocycles. The Morgan fingerprint density at radius 3 is 2.71 bits per heavy atom. The van der Waals surface area contributed by atoms with Gasteiger partial charge in [0.2, 0.25) is 0 Å². The van der Waals surface area contributed by atoms with E-state index in [2.05, 4.69) is 40.2 Å². The standard InChI is InChI=1S/C18H31N3/c1-2-9-19-18(16-6-7-16)17-8-12-21(15-17)14-13-20-10-4-3-5-11-20/h8,12,15-16,18-19H,2-7,9-11,13-14H2,1H3. The van der Waals surface area contributed by atoms with Crippen LogP contribution in [-0.2, 0) is 6.54 Å². The molecule has 3 heteroatoms. The van der Waals surface area contributed by atoms with Crippen LogP contribution in [0.15, 0.2) is 18.5 Å². The van der Waals surface area contributed by atoms with E-state index in [1.165, 1.54) is 63.7 Å². The second-order valence-electron chi connectivity index (χ2n) is 6.85. The zero-order valence-corrected chi connectivity index (χ0v) is 13.6. The molecule has 2 heterocycles. The molecule has 1 unspecified atom stereocenters. The Morgan fingerprint density at radius 2 is 2.00 bits per heavy atom. The summed E-state index contributed by atoms with van der Waals surface area (Å²) in [5.41, 5.74) is 1.50. The summed E-state index contributed by atoms with van der Waals surface area (Å²) in [7, 11) is 0. The van der Waals surface area contributed by atoms with Crippen molar-refractivity contribution >= 4 is 0 Å². The number of rotatable bonds is 8. The van der Waals surface area contributed by atoms with Gasteiger partial charge in [0.1, 0.15) is 0 Å². The van der Waals surface area contributed by atoms with Crippen molar-refractivity contribution in [3.8, 4) is 0 Å². The molecule has 1 aromatic rings. The van der Waals surface area contributed by atoms with Gasteiger partial charge >= 0.3 is 0 Å². The predicted octanol–water partition coefficient (Wildman–Crippen LogP) is 3.42. The molecule has 1 aliphatic heterocycles. The van der Waals surface area contributed by atoms with Gasteiger partial charge in [-0.05, 0) is 69.3 Å². The molecule has 118 valence electrons. The minimum Gasteiger partial charge on any atom is -0.353 e. The van der Waals surface area contributed by atoms with Gasteiger partial charge in [-0.25, -0.2) is 0 Å². The third-order valence-corrected chi connectivity index (χ3v) is 4.96. The van der Waals surface area contributed by atoms with Gasteiger partial charge in [0.15, 0.2) is 0 Å². The van der Waals surface area contributed by atoms with E-state index in [1.807, 2.05) is 0 Å². The predicted molar refractivity (Wildman–Crippen MR) is 88.5 cm³/mol. The lowest BCUT2D eigenvalue weighted by molar-refractivity contribution is 0.221. The summed E-state index contributed by atoms with van der Waals surface area (Å²) in [6, 6.07) is 2.93. The van der Waals surface area contributed by atoms with Gasteiger partial charge in [-0.15, -0.1) is 0 Å². The molecule has 1 aliphatic carbocycles. The number of likely N-dealkylation sites (tertiary alicyclic amines) is 1. The third kappa shape index (κ3) is 4.33. The van der Waals surface area contributed by atoms with Crippen LogP contribution in [0, 0.1) is 5.92 Å². The Kier molecular flexibility index (Phi) is 5.37. The summed E-state index contributed by atoms with van der Waals surface area (Å²) in [6.45, 7) is 8.35. The summed E-state index contributed by atoms with van der Waals surface area (Å²) in [4.78, 5) is 2.62. The zero-order chi connectivity index (χ0) is 14.5. The molecule has 2 aliphatic rings. The molecule has 1 N–H and O–H groups in total. The summed E-state index contributed by atoms with van der Waals surface area (Å²) in [6.07, 6.45) is 12.9. The summed E-state index contributed by atoms with van der Waals surface area (Å²) >= 11 is 0. The first kappa shape index (κ1) is 15.1. The van der Waals surface area contributed by atoms with Crippen LogP contribution in [0.4, 0.5) is 0 Å². The molecule has 0 bridgehead atoms. The highest BCUT2D eigenvalue weighted by Gasteiger charge is 2.32. The molecular formula is C18H31N3. The second-order valence-corrected chi connectivity index (χ2v) is 6.85. The van der Waals surface area contributed by atoms with Crippen LogP contribution in [0.3, 0.4) is 0 Å². The quantitative estimate of drug-likeness (QED) is 0.791. The first-order valence-corrected chi connectivity index (χ1v) is 8.98. The van der Waals surface area contributed by atoms with Gasteiger partial charge in [-0.2, -0.15) is 0 Å². The number of aromatic nitrogens is 1. The van der Waals surface area contributed by atoms with Gasteiger partial charge in [0.05, 0.1) is 0 Å². The maximum atomic E-state index is 3.74. The Hall–Kier alpha value is -0.800. The van der Waals surface area contributed by atoms with Crippen molar-refractivity contribution in [2.45, 2.75) is 58.0 Å². The number of hydrogen-bond acceptors (Lipinski definition) is 2. The molecule has 21 heavy (non-hydrogen) atoms. The first-order chi connectivity index (χ1) is 10.4. The highest BCUT2D eigenvalue weighted by Crippen LogP contribution is 2.41. The summed E-state index contributed by atoms with van der Waals surface area (Å²) < 4.78 is 2.40. The molecule has 1 saturated carbocycles. The van der Waals surface area contributed by atoms with Crippen LogP contribution < -0.4 is 5.32 Å².